The molecule has 174 valence electrons. The number of aromatic hydroxyl groups is 1. The summed E-state index contributed by atoms with van der Waals surface area (Å²) >= 11 is 6.70. The van der Waals surface area contributed by atoms with Gasteiger partial charge in [0.15, 0.2) is 5.69 Å². The maximum Gasteiger partial charge on any atom is 0.285 e. The van der Waals surface area contributed by atoms with E-state index < -0.39 is 22.5 Å². The van der Waals surface area contributed by atoms with Crippen LogP contribution in [0.3, 0.4) is 0 Å². The number of hydrogen-bond donors (Lipinski definition) is 2. The average molecular weight is 606 g/mol. The molecular formula is C23H18Br2N4O4S. The van der Waals surface area contributed by atoms with Crippen molar-refractivity contribution in [1.82, 2.24) is 4.98 Å². The monoisotopic (exact) mass is 604 g/mol. The van der Waals surface area contributed by atoms with Crippen molar-refractivity contribution in [2.45, 2.75) is 11.8 Å². The van der Waals surface area contributed by atoms with Crippen LogP contribution in [0.4, 0.5) is 11.4 Å². The van der Waals surface area contributed by atoms with Crippen molar-refractivity contribution in [1.29, 1.82) is 0 Å². The molecule has 2 N–H and O–H groups in total. The molecule has 0 saturated carbocycles. The van der Waals surface area contributed by atoms with E-state index in [1.807, 2.05) is 6.92 Å². The van der Waals surface area contributed by atoms with Gasteiger partial charge in [0.1, 0.15) is 6.54 Å². The molecule has 0 aliphatic heterocycles. The summed E-state index contributed by atoms with van der Waals surface area (Å²) in [5.41, 5.74) is 1.89. The van der Waals surface area contributed by atoms with Gasteiger partial charge in [0.05, 0.1) is 16.1 Å². The number of benzene rings is 3. The van der Waals surface area contributed by atoms with E-state index in [-0.39, 0.29) is 22.2 Å². The molecule has 1 heterocycles. The van der Waals surface area contributed by atoms with Crippen molar-refractivity contribution < 1.29 is 18.3 Å². The zero-order chi connectivity index (χ0) is 24.5. The number of H-pyrrole nitrogens is 1. The van der Waals surface area contributed by atoms with Crippen LogP contribution in [0.25, 0.3) is 10.9 Å². The summed E-state index contributed by atoms with van der Waals surface area (Å²) in [4.78, 5) is 15.6. The van der Waals surface area contributed by atoms with Crippen LogP contribution >= 0.6 is 31.9 Å². The normalized spacial score (nSPS) is 11.9. The Bertz CT molecular complexity index is 1520. The van der Waals surface area contributed by atoms with E-state index in [0.29, 0.717) is 15.4 Å². The van der Waals surface area contributed by atoms with Crippen molar-refractivity contribution in [3.8, 4) is 5.88 Å². The molecule has 0 bridgehead atoms. The number of rotatable bonds is 6. The maximum absolute atomic E-state index is 13.4. The first-order valence-corrected chi connectivity index (χ1v) is 13.0. The number of fused-ring (bicyclic) bond motifs is 1. The summed E-state index contributed by atoms with van der Waals surface area (Å²) in [5, 5.41) is 18.3. The van der Waals surface area contributed by atoms with Gasteiger partial charge in [0.2, 0.25) is 5.88 Å². The molecule has 34 heavy (non-hydrogen) atoms. The fraction of sp³-hybridized carbons (Fsp3) is 0.0870. The Kier molecular flexibility index (Phi) is 6.87. The molecule has 11 heteroatoms. The Hall–Kier alpha value is -3.02. The third-order valence-electron chi connectivity index (χ3n) is 4.96. The summed E-state index contributed by atoms with van der Waals surface area (Å²) in [6.45, 7) is 1.27. The topological polar surface area (TPSA) is 115 Å². The second-order valence-electron chi connectivity index (χ2n) is 7.41. The van der Waals surface area contributed by atoms with E-state index in [4.69, 9.17) is 0 Å². The van der Waals surface area contributed by atoms with Crippen LogP contribution in [0.5, 0.6) is 5.88 Å². The Morgan fingerprint density at radius 3 is 2.44 bits per heavy atom. The Balaban J connectivity index is 1.68. The zero-order valence-electron chi connectivity index (χ0n) is 17.7. The lowest BCUT2D eigenvalue weighted by Crippen LogP contribution is -2.35. The number of carbonyl (C=O) groups excluding carboxylic acids is 1. The molecule has 0 aliphatic rings. The Labute approximate surface area is 212 Å². The number of azo groups is 1. The number of nitrogens with one attached hydrogen (secondary N) is 1. The highest BCUT2D eigenvalue weighted by molar-refractivity contribution is 9.10. The van der Waals surface area contributed by atoms with E-state index in [1.54, 1.807) is 54.6 Å². The average Bonchev–Trinajstić information content (AvgIpc) is 3.10. The highest BCUT2D eigenvalue weighted by Gasteiger charge is 2.27. The minimum absolute atomic E-state index is 0.0435. The summed E-state index contributed by atoms with van der Waals surface area (Å²) in [5.74, 6) is -1.06. The number of sulfonamides is 1. The number of hydrogen-bond acceptors (Lipinski definition) is 5. The first-order valence-electron chi connectivity index (χ1n) is 9.95. The fourth-order valence-corrected chi connectivity index (χ4v) is 5.44. The van der Waals surface area contributed by atoms with Crippen molar-refractivity contribution in [3.05, 3.63) is 81.2 Å². The van der Waals surface area contributed by atoms with Gasteiger partial charge in [0.25, 0.3) is 15.9 Å². The van der Waals surface area contributed by atoms with Crippen LogP contribution in [0.1, 0.15) is 5.56 Å². The molecule has 3 aromatic carbocycles. The third-order valence-corrected chi connectivity index (χ3v) is 7.73. The first-order chi connectivity index (χ1) is 16.1. The summed E-state index contributed by atoms with van der Waals surface area (Å²) in [6.07, 6.45) is 0. The SMILES string of the molecule is Cc1ccc(S(=O)(=O)N(CC(=O)N=Nc2c(O)[nH]c3ccc(Br)cc23)c2cccc(Br)c2)cc1. The van der Waals surface area contributed by atoms with Crippen molar-refractivity contribution in [2.75, 3.05) is 10.8 Å². The number of carbonyl (C=O) groups is 1. The minimum atomic E-state index is -4.08. The number of amides is 1. The smallest absolute Gasteiger partial charge is 0.285 e. The molecule has 0 unspecified atom stereocenters. The molecule has 0 saturated heterocycles. The van der Waals surface area contributed by atoms with Crippen LogP contribution in [-0.2, 0) is 14.8 Å². The molecule has 0 radical (unpaired) electrons. The lowest BCUT2D eigenvalue weighted by molar-refractivity contribution is -0.116. The molecule has 8 nitrogen and oxygen atoms in total. The van der Waals surface area contributed by atoms with Crippen LogP contribution in [0.15, 0.2) is 90.8 Å². The van der Waals surface area contributed by atoms with E-state index in [9.17, 15) is 18.3 Å². The van der Waals surface area contributed by atoms with Gasteiger partial charge < -0.3 is 10.1 Å². The maximum atomic E-state index is 13.4. The molecule has 0 spiro atoms. The second-order valence-corrected chi connectivity index (χ2v) is 11.1. The van der Waals surface area contributed by atoms with Gasteiger partial charge in [-0.15, -0.1) is 10.2 Å². The van der Waals surface area contributed by atoms with E-state index in [0.717, 1.165) is 14.3 Å². The van der Waals surface area contributed by atoms with Crippen LogP contribution in [0.2, 0.25) is 0 Å². The number of aryl methyl sites for hydroxylation is 1. The number of aromatic nitrogens is 1. The molecule has 4 aromatic rings. The van der Waals surface area contributed by atoms with Crippen molar-refractivity contribution in [2.24, 2.45) is 10.2 Å². The molecule has 0 atom stereocenters. The highest BCUT2D eigenvalue weighted by Crippen LogP contribution is 2.37. The van der Waals surface area contributed by atoms with Crippen molar-refractivity contribution >= 4 is 70.1 Å². The molecule has 1 amide bonds. The number of anilines is 1. The van der Waals surface area contributed by atoms with E-state index in [2.05, 4.69) is 47.1 Å². The third kappa shape index (κ3) is 5.06. The van der Waals surface area contributed by atoms with Gasteiger partial charge in [-0.05, 0) is 55.5 Å². The summed E-state index contributed by atoms with van der Waals surface area (Å²) in [7, 11) is -4.08. The van der Waals surface area contributed by atoms with Crippen LogP contribution < -0.4 is 4.31 Å². The van der Waals surface area contributed by atoms with Gasteiger partial charge in [0, 0.05) is 14.3 Å². The fourth-order valence-electron chi connectivity index (χ4n) is 3.28. The molecule has 0 fully saturated rings. The zero-order valence-corrected chi connectivity index (χ0v) is 21.7. The molecule has 0 aliphatic carbocycles. The van der Waals surface area contributed by atoms with Gasteiger partial charge >= 0.3 is 0 Å². The predicted molar refractivity (Wildman–Crippen MR) is 137 cm³/mol. The number of nitrogens with zero attached hydrogens (tertiary/aromatic N) is 3. The van der Waals surface area contributed by atoms with Gasteiger partial charge in [-0.25, -0.2) is 8.42 Å². The number of halogens is 2. The molecule has 4 rings (SSSR count). The first kappa shape index (κ1) is 24.1. The lowest BCUT2D eigenvalue weighted by atomic mass is 10.2. The Morgan fingerprint density at radius 2 is 1.74 bits per heavy atom. The molecular weight excluding hydrogens is 588 g/mol. The predicted octanol–water partition coefficient (Wildman–Crippen LogP) is 6.21. The Morgan fingerprint density at radius 1 is 1.03 bits per heavy atom. The van der Waals surface area contributed by atoms with Crippen molar-refractivity contribution in [3.63, 3.8) is 0 Å². The van der Waals surface area contributed by atoms with Crippen LogP contribution in [-0.4, -0.2) is 31.0 Å². The molecule has 1 aromatic heterocycles. The van der Waals surface area contributed by atoms with E-state index in [1.165, 1.54) is 12.1 Å². The quantitative estimate of drug-likeness (QED) is 0.254. The number of aromatic amines is 1. The van der Waals surface area contributed by atoms with Gasteiger partial charge in [-0.3, -0.25) is 9.10 Å². The summed E-state index contributed by atoms with van der Waals surface area (Å²) in [6, 6.07) is 18.2. The van der Waals surface area contributed by atoms with Crippen LogP contribution in [0, 0.1) is 6.92 Å². The van der Waals surface area contributed by atoms with Gasteiger partial charge in [-0.1, -0.05) is 55.6 Å². The van der Waals surface area contributed by atoms with Gasteiger partial charge in [-0.2, -0.15) is 0 Å². The second kappa shape index (κ2) is 9.69. The highest BCUT2D eigenvalue weighted by atomic mass is 79.9. The largest absolute Gasteiger partial charge is 0.493 e. The standard InChI is InChI=1S/C23H18Br2N4O4S/c1-14-5-8-18(9-6-14)34(32,33)29(17-4-2-3-15(24)11-17)13-21(30)27-28-22-19-12-16(25)7-10-20(19)26-23(22)31/h2-12,26,31H,13H2,1H3. The lowest BCUT2D eigenvalue weighted by Gasteiger charge is -2.23. The van der Waals surface area contributed by atoms with E-state index >= 15 is 0 Å². The minimum Gasteiger partial charge on any atom is -0.493 e. The summed E-state index contributed by atoms with van der Waals surface area (Å²) < 4.78 is 29.2.